The van der Waals surface area contributed by atoms with Crippen LogP contribution in [-0.2, 0) is 0 Å². The topological polar surface area (TPSA) is 39.2 Å². The summed E-state index contributed by atoms with van der Waals surface area (Å²) >= 11 is 12.0. The molecule has 2 aromatic rings. The molecule has 0 unspecified atom stereocenters. The molecule has 0 bridgehead atoms. The van der Waals surface area contributed by atoms with Crippen molar-refractivity contribution < 1.29 is 9.53 Å². The number of aromatic nitrogens is 1. The number of hydrogen-bond donors (Lipinski definition) is 0. The summed E-state index contributed by atoms with van der Waals surface area (Å²) in [7, 11) is 0. The molecule has 0 amide bonds. The molecule has 1 aromatic carbocycles. The second-order valence-electron chi connectivity index (χ2n) is 4.19. The van der Waals surface area contributed by atoms with Crippen molar-refractivity contribution in [3.8, 4) is 5.75 Å². The molecule has 5 heteroatoms. The SMILES string of the molecule is CCCOc1cncc(C(=O)c2cccc(Cl)c2Cl)c1. The van der Waals surface area contributed by atoms with Gasteiger partial charge < -0.3 is 4.74 Å². The maximum atomic E-state index is 12.4. The molecule has 1 heterocycles. The Morgan fingerprint density at radius 2 is 2.10 bits per heavy atom. The quantitative estimate of drug-likeness (QED) is 0.768. The molecule has 1 aromatic heterocycles. The molecule has 3 nitrogen and oxygen atoms in total. The van der Waals surface area contributed by atoms with Crippen LogP contribution in [0.3, 0.4) is 0 Å². The summed E-state index contributed by atoms with van der Waals surface area (Å²) in [6.45, 7) is 2.59. The summed E-state index contributed by atoms with van der Waals surface area (Å²) in [4.78, 5) is 16.4. The Labute approximate surface area is 127 Å². The van der Waals surface area contributed by atoms with Crippen LogP contribution >= 0.6 is 23.2 Å². The molecule has 2 rings (SSSR count). The van der Waals surface area contributed by atoms with Crippen molar-refractivity contribution in [1.82, 2.24) is 4.98 Å². The summed E-state index contributed by atoms with van der Waals surface area (Å²) < 4.78 is 5.46. The molecule has 0 N–H and O–H groups in total. The van der Waals surface area contributed by atoms with E-state index in [-0.39, 0.29) is 10.8 Å². The van der Waals surface area contributed by atoms with Crippen LogP contribution in [0, 0.1) is 0 Å². The normalized spacial score (nSPS) is 10.3. The maximum Gasteiger partial charge on any atom is 0.196 e. The summed E-state index contributed by atoms with van der Waals surface area (Å²) in [5, 5.41) is 0.600. The minimum absolute atomic E-state index is 0.230. The molecular weight excluding hydrogens is 297 g/mol. The van der Waals surface area contributed by atoms with Gasteiger partial charge in [-0.3, -0.25) is 9.78 Å². The monoisotopic (exact) mass is 309 g/mol. The Kier molecular flexibility index (Phi) is 4.99. The van der Waals surface area contributed by atoms with Gasteiger partial charge in [0.15, 0.2) is 5.78 Å². The van der Waals surface area contributed by atoms with Gasteiger partial charge in [-0.1, -0.05) is 36.2 Å². The maximum absolute atomic E-state index is 12.4. The third-order valence-corrected chi connectivity index (χ3v) is 3.46. The number of hydrogen-bond acceptors (Lipinski definition) is 3. The van der Waals surface area contributed by atoms with Gasteiger partial charge in [0.05, 0.1) is 22.8 Å². The molecule has 104 valence electrons. The largest absolute Gasteiger partial charge is 0.492 e. The molecule has 0 saturated carbocycles. The highest BCUT2D eigenvalue weighted by Gasteiger charge is 2.15. The van der Waals surface area contributed by atoms with Crippen LogP contribution in [-0.4, -0.2) is 17.4 Å². The fourth-order valence-electron chi connectivity index (χ4n) is 1.68. The first-order chi connectivity index (χ1) is 9.63. The highest BCUT2D eigenvalue weighted by Crippen LogP contribution is 2.27. The Morgan fingerprint density at radius 1 is 1.30 bits per heavy atom. The fraction of sp³-hybridized carbons (Fsp3) is 0.200. The molecule has 0 aliphatic carbocycles. The van der Waals surface area contributed by atoms with E-state index in [0.29, 0.717) is 28.5 Å². The molecule has 0 aliphatic heterocycles. The van der Waals surface area contributed by atoms with Crippen molar-refractivity contribution in [2.75, 3.05) is 6.61 Å². The van der Waals surface area contributed by atoms with Crippen molar-refractivity contribution in [3.63, 3.8) is 0 Å². The second kappa shape index (κ2) is 6.73. The minimum atomic E-state index is -0.230. The number of ketones is 1. The van der Waals surface area contributed by atoms with Gasteiger partial charge in [0.2, 0.25) is 0 Å². The summed E-state index contributed by atoms with van der Waals surface area (Å²) in [5.41, 5.74) is 0.774. The van der Waals surface area contributed by atoms with Gasteiger partial charge in [0.1, 0.15) is 5.75 Å². The van der Waals surface area contributed by atoms with E-state index in [1.807, 2.05) is 6.92 Å². The standard InChI is InChI=1S/C15H13Cl2NO2/c1-2-6-20-11-7-10(8-18-9-11)15(19)12-4-3-5-13(16)14(12)17/h3-5,7-9H,2,6H2,1H3. The van der Waals surface area contributed by atoms with E-state index in [1.54, 1.807) is 30.5 Å². The lowest BCUT2D eigenvalue weighted by molar-refractivity contribution is 0.103. The van der Waals surface area contributed by atoms with Crippen LogP contribution in [0.5, 0.6) is 5.75 Å². The van der Waals surface area contributed by atoms with Gasteiger partial charge in [0.25, 0.3) is 0 Å². The third kappa shape index (κ3) is 3.30. The Balaban J connectivity index is 2.31. The van der Waals surface area contributed by atoms with Crippen LogP contribution in [0.1, 0.15) is 29.3 Å². The Hall–Kier alpha value is -1.58. The number of ether oxygens (including phenoxy) is 1. The van der Waals surface area contributed by atoms with Crippen LogP contribution < -0.4 is 4.74 Å². The van der Waals surface area contributed by atoms with Crippen molar-refractivity contribution >= 4 is 29.0 Å². The highest BCUT2D eigenvalue weighted by atomic mass is 35.5. The van der Waals surface area contributed by atoms with Crippen LogP contribution in [0.15, 0.2) is 36.7 Å². The predicted octanol–water partition coefficient (Wildman–Crippen LogP) is 4.41. The summed E-state index contributed by atoms with van der Waals surface area (Å²) in [6.07, 6.45) is 3.95. The van der Waals surface area contributed by atoms with E-state index in [1.165, 1.54) is 6.20 Å². The minimum Gasteiger partial charge on any atom is -0.492 e. The van der Waals surface area contributed by atoms with Gasteiger partial charge in [-0.25, -0.2) is 0 Å². The highest BCUT2D eigenvalue weighted by molar-refractivity contribution is 6.44. The van der Waals surface area contributed by atoms with Crippen LogP contribution in [0.2, 0.25) is 10.0 Å². The first kappa shape index (κ1) is 14.8. The molecule has 0 radical (unpaired) electrons. The average Bonchev–Trinajstić information content (AvgIpc) is 2.47. The number of benzene rings is 1. The van der Waals surface area contributed by atoms with Crippen LogP contribution in [0.4, 0.5) is 0 Å². The van der Waals surface area contributed by atoms with E-state index < -0.39 is 0 Å². The summed E-state index contributed by atoms with van der Waals surface area (Å²) in [6, 6.07) is 6.62. The lowest BCUT2D eigenvalue weighted by Gasteiger charge is -2.07. The fourth-order valence-corrected chi connectivity index (χ4v) is 2.06. The molecular formula is C15H13Cl2NO2. The lowest BCUT2D eigenvalue weighted by Crippen LogP contribution is -2.04. The Morgan fingerprint density at radius 3 is 2.85 bits per heavy atom. The number of rotatable bonds is 5. The van der Waals surface area contributed by atoms with E-state index in [4.69, 9.17) is 27.9 Å². The number of pyridine rings is 1. The number of halogens is 2. The van der Waals surface area contributed by atoms with Crippen molar-refractivity contribution in [2.24, 2.45) is 0 Å². The van der Waals surface area contributed by atoms with E-state index in [0.717, 1.165) is 6.42 Å². The molecule has 0 atom stereocenters. The zero-order chi connectivity index (χ0) is 14.5. The van der Waals surface area contributed by atoms with E-state index in [2.05, 4.69) is 4.98 Å². The second-order valence-corrected chi connectivity index (χ2v) is 4.97. The number of carbonyl (C=O) groups is 1. The van der Waals surface area contributed by atoms with Crippen molar-refractivity contribution in [2.45, 2.75) is 13.3 Å². The van der Waals surface area contributed by atoms with Gasteiger partial charge in [0, 0.05) is 17.3 Å². The average molecular weight is 310 g/mol. The van der Waals surface area contributed by atoms with Gasteiger partial charge >= 0.3 is 0 Å². The van der Waals surface area contributed by atoms with E-state index >= 15 is 0 Å². The Bertz CT molecular complexity index is 629. The van der Waals surface area contributed by atoms with Crippen molar-refractivity contribution in [1.29, 1.82) is 0 Å². The zero-order valence-electron chi connectivity index (χ0n) is 10.9. The number of nitrogens with zero attached hydrogens (tertiary/aromatic N) is 1. The third-order valence-electron chi connectivity index (χ3n) is 2.64. The summed E-state index contributed by atoms with van der Waals surface area (Å²) in [5.74, 6) is 0.336. The first-order valence-corrected chi connectivity index (χ1v) is 6.95. The van der Waals surface area contributed by atoms with Gasteiger partial charge in [-0.05, 0) is 24.6 Å². The van der Waals surface area contributed by atoms with Gasteiger partial charge in [-0.2, -0.15) is 0 Å². The van der Waals surface area contributed by atoms with Crippen molar-refractivity contribution in [3.05, 3.63) is 57.8 Å². The predicted molar refractivity (Wildman–Crippen MR) is 79.9 cm³/mol. The van der Waals surface area contributed by atoms with Gasteiger partial charge in [-0.15, -0.1) is 0 Å². The zero-order valence-corrected chi connectivity index (χ0v) is 12.4. The smallest absolute Gasteiger partial charge is 0.196 e. The first-order valence-electron chi connectivity index (χ1n) is 6.20. The molecule has 0 saturated heterocycles. The molecule has 0 aliphatic rings. The van der Waals surface area contributed by atoms with E-state index in [9.17, 15) is 4.79 Å². The molecule has 0 spiro atoms. The lowest BCUT2D eigenvalue weighted by atomic mass is 10.0. The molecule has 20 heavy (non-hydrogen) atoms. The van der Waals surface area contributed by atoms with Crippen LogP contribution in [0.25, 0.3) is 0 Å². The molecule has 0 fully saturated rings. The number of carbonyl (C=O) groups excluding carboxylic acids is 1.